The van der Waals surface area contributed by atoms with E-state index in [1.54, 1.807) is 0 Å². The lowest BCUT2D eigenvalue weighted by Gasteiger charge is -2.44. The van der Waals surface area contributed by atoms with Gasteiger partial charge in [0.05, 0.1) is 6.04 Å². The Morgan fingerprint density at radius 2 is 2.11 bits per heavy atom. The molecule has 3 unspecified atom stereocenters. The van der Waals surface area contributed by atoms with Crippen LogP contribution >= 0.6 is 0 Å². The summed E-state index contributed by atoms with van der Waals surface area (Å²) < 4.78 is 5.42. The molecule has 2 bridgehead atoms. The third-order valence-electron chi connectivity index (χ3n) is 4.07. The van der Waals surface area contributed by atoms with Crippen molar-refractivity contribution in [1.82, 2.24) is 4.90 Å². The molecular formula is C16H19NO2. The molecule has 3 aliphatic rings. The number of benzene rings is 1. The van der Waals surface area contributed by atoms with Gasteiger partial charge in [0.25, 0.3) is 0 Å². The zero-order chi connectivity index (χ0) is 13.2. The summed E-state index contributed by atoms with van der Waals surface area (Å²) in [7, 11) is 0. The molecule has 0 radical (unpaired) electrons. The van der Waals surface area contributed by atoms with Crippen LogP contribution in [0.3, 0.4) is 0 Å². The summed E-state index contributed by atoms with van der Waals surface area (Å²) in [6, 6.07) is 10.0. The first kappa shape index (κ1) is 12.3. The third-order valence-corrected chi connectivity index (χ3v) is 4.07. The summed E-state index contributed by atoms with van der Waals surface area (Å²) in [6.07, 6.45) is 5.40. The number of nitrogens with zero attached hydrogens (tertiary/aromatic N) is 1. The molecule has 0 N–H and O–H groups in total. The molecule has 1 saturated heterocycles. The highest BCUT2D eigenvalue weighted by atomic mass is 16.6. The molecule has 1 amide bonds. The van der Waals surface area contributed by atoms with Crippen LogP contribution in [0.15, 0.2) is 42.5 Å². The minimum absolute atomic E-state index is 0.185. The van der Waals surface area contributed by atoms with Gasteiger partial charge in [-0.05, 0) is 23.8 Å². The summed E-state index contributed by atoms with van der Waals surface area (Å²) in [5, 5.41) is 0. The molecule has 19 heavy (non-hydrogen) atoms. The standard InChI is InChI=1S/C16H19NO2/c1-12-9-14-7-8-15(12)17(10-14)16(18)19-11-13-5-3-2-4-6-13/h2-8,12,14-15H,9-11H2,1H3. The predicted molar refractivity (Wildman–Crippen MR) is 73.5 cm³/mol. The Morgan fingerprint density at radius 3 is 2.79 bits per heavy atom. The van der Waals surface area contributed by atoms with Crippen molar-refractivity contribution < 1.29 is 9.53 Å². The molecule has 1 aliphatic carbocycles. The van der Waals surface area contributed by atoms with E-state index in [1.807, 2.05) is 35.2 Å². The van der Waals surface area contributed by atoms with Crippen LogP contribution in [0.5, 0.6) is 0 Å². The molecule has 1 aromatic rings. The molecule has 1 fully saturated rings. The van der Waals surface area contributed by atoms with E-state index in [4.69, 9.17) is 4.74 Å². The van der Waals surface area contributed by atoms with Gasteiger partial charge in [0.15, 0.2) is 0 Å². The van der Waals surface area contributed by atoms with Gasteiger partial charge in [-0.3, -0.25) is 0 Å². The maximum atomic E-state index is 12.2. The number of hydrogen-bond acceptors (Lipinski definition) is 2. The first-order valence-electron chi connectivity index (χ1n) is 6.89. The van der Waals surface area contributed by atoms with E-state index >= 15 is 0 Å². The quantitative estimate of drug-likeness (QED) is 0.761. The topological polar surface area (TPSA) is 29.5 Å². The van der Waals surface area contributed by atoms with Gasteiger partial charge in [-0.25, -0.2) is 4.79 Å². The number of carbonyl (C=O) groups excluding carboxylic acids is 1. The van der Waals surface area contributed by atoms with E-state index in [2.05, 4.69) is 19.1 Å². The second-order valence-electron chi connectivity index (χ2n) is 5.54. The van der Waals surface area contributed by atoms with Crippen molar-refractivity contribution in [2.45, 2.75) is 26.0 Å². The van der Waals surface area contributed by atoms with Gasteiger partial charge in [0.2, 0.25) is 0 Å². The van der Waals surface area contributed by atoms with Crippen molar-refractivity contribution in [3.8, 4) is 0 Å². The highest BCUT2D eigenvalue weighted by molar-refractivity contribution is 5.69. The average Bonchev–Trinajstić information content (AvgIpc) is 2.46. The highest BCUT2D eigenvalue weighted by Crippen LogP contribution is 2.34. The van der Waals surface area contributed by atoms with Crippen LogP contribution in [0.25, 0.3) is 0 Å². The van der Waals surface area contributed by atoms with Gasteiger partial charge in [-0.15, -0.1) is 0 Å². The Hall–Kier alpha value is -1.77. The van der Waals surface area contributed by atoms with E-state index in [0.717, 1.165) is 12.1 Å². The largest absolute Gasteiger partial charge is 0.445 e. The molecule has 0 aromatic heterocycles. The van der Waals surface area contributed by atoms with Crippen LogP contribution in [0, 0.1) is 11.8 Å². The molecule has 0 spiro atoms. The van der Waals surface area contributed by atoms with Crippen LogP contribution in [0.1, 0.15) is 18.9 Å². The van der Waals surface area contributed by atoms with Gasteiger partial charge in [-0.1, -0.05) is 49.4 Å². The number of fused-ring (bicyclic) bond motifs is 2. The maximum absolute atomic E-state index is 12.2. The Morgan fingerprint density at radius 1 is 1.32 bits per heavy atom. The summed E-state index contributed by atoms with van der Waals surface area (Å²) in [5.41, 5.74) is 1.03. The monoisotopic (exact) mass is 257 g/mol. The van der Waals surface area contributed by atoms with Crippen LogP contribution in [0.4, 0.5) is 4.79 Å². The predicted octanol–water partition coefficient (Wildman–Crippen LogP) is 3.22. The molecule has 100 valence electrons. The van der Waals surface area contributed by atoms with Crippen LogP contribution in [-0.4, -0.2) is 23.6 Å². The Labute approximate surface area is 113 Å². The number of hydrogen-bond donors (Lipinski definition) is 0. The van der Waals surface area contributed by atoms with E-state index < -0.39 is 0 Å². The molecule has 4 rings (SSSR count). The van der Waals surface area contributed by atoms with Gasteiger partial charge >= 0.3 is 6.09 Å². The Kier molecular flexibility index (Phi) is 3.28. The number of amides is 1. The Bertz CT molecular complexity index is 483. The van der Waals surface area contributed by atoms with Crippen LogP contribution < -0.4 is 0 Å². The Balaban J connectivity index is 1.61. The molecule has 2 aliphatic heterocycles. The van der Waals surface area contributed by atoms with Crippen molar-refractivity contribution in [3.63, 3.8) is 0 Å². The lowest BCUT2D eigenvalue weighted by Crippen LogP contribution is -2.52. The van der Waals surface area contributed by atoms with E-state index in [0.29, 0.717) is 18.4 Å². The second-order valence-corrected chi connectivity index (χ2v) is 5.54. The maximum Gasteiger partial charge on any atom is 0.410 e. The first-order chi connectivity index (χ1) is 9.24. The molecule has 0 saturated carbocycles. The molecule has 3 nitrogen and oxygen atoms in total. The molecule has 1 aromatic carbocycles. The minimum atomic E-state index is -0.185. The van der Waals surface area contributed by atoms with Crippen molar-refractivity contribution in [2.75, 3.05) is 6.54 Å². The fourth-order valence-corrected chi connectivity index (χ4v) is 3.08. The van der Waals surface area contributed by atoms with Gasteiger partial charge in [-0.2, -0.15) is 0 Å². The number of ether oxygens (including phenoxy) is 1. The third kappa shape index (κ3) is 2.50. The smallest absolute Gasteiger partial charge is 0.410 e. The average molecular weight is 257 g/mol. The van der Waals surface area contributed by atoms with E-state index in [-0.39, 0.29) is 12.1 Å². The van der Waals surface area contributed by atoms with Gasteiger partial charge in [0.1, 0.15) is 6.61 Å². The molecular weight excluding hydrogens is 238 g/mol. The number of rotatable bonds is 2. The van der Waals surface area contributed by atoms with Crippen molar-refractivity contribution in [3.05, 3.63) is 48.0 Å². The van der Waals surface area contributed by atoms with Gasteiger partial charge in [0, 0.05) is 6.54 Å². The summed E-state index contributed by atoms with van der Waals surface area (Å²) in [6.45, 7) is 3.36. The van der Waals surface area contributed by atoms with Crippen molar-refractivity contribution in [1.29, 1.82) is 0 Å². The number of carbonyl (C=O) groups is 1. The van der Waals surface area contributed by atoms with E-state index in [9.17, 15) is 4.79 Å². The SMILES string of the molecule is CC1CC2C=CC1N(C(=O)OCc1ccccc1)C2. The zero-order valence-electron chi connectivity index (χ0n) is 11.2. The molecule has 3 atom stereocenters. The minimum Gasteiger partial charge on any atom is -0.445 e. The first-order valence-corrected chi connectivity index (χ1v) is 6.89. The van der Waals surface area contributed by atoms with Crippen LogP contribution in [0.2, 0.25) is 0 Å². The normalized spacial score (nSPS) is 28.5. The lowest BCUT2D eigenvalue weighted by atomic mass is 9.79. The highest BCUT2D eigenvalue weighted by Gasteiger charge is 2.38. The van der Waals surface area contributed by atoms with Gasteiger partial charge < -0.3 is 9.64 Å². The van der Waals surface area contributed by atoms with Crippen molar-refractivity contribution in [2.24, 2.45) is 11.8 Å². The summed E-state index contributed by atoms with van der Waals surface area (Å²) in [5.74, 6) is 1.04. The molecule has 2 heterocycles. The summed E-state index contributed by atoms with van der Waals surface area (Å²) >= 11 is 0. The zero-order valence-corrected chi connectivity index (χ0v) is 11.2. The van der Waals surface area contributed by atoms with Crippen LogP contribution in [-0.2, 0) is 11.3 Å². The molecule has 3 heteroatoms. The fraction of sp³-hybridized carbons (Fsp3) is 0.438. The summed E-state index contributed by atoms with van der Waals surface area (Å²) in [4.78, 5) is 14.1. The van der Waals surface area contributed by atoms with E-state index in [1.165, 1.54) is 6.42 Å². The second kappa shape index (κ2) is 5.08. The van der Waals surface area contributed by atoms with Crippen molar-refractivity contribution >= 4 is 6.09 Å². The number of piperidine rings is 1. The lowest BCUT2D eigenvalue weighted by molar-refractivity contribution is 0.0487. The fourth-order valence-electron chi connectivity index (χ4n) is 3.08.